The number of hydrogen-bond donors (Lipinski definition) is 14. The normalized spacial score (nSPS) is 16.1. The number of nitrogens with one attached hydrogen (secondary N) is 6. The number of nitrogens with zero attached hydrogens (tertiary/aromatic N) is 2. The van der Waals surface area contributed by atoms with Gasteiger partial charge in [0.15, 0.2) is 5.96 Å². The second-order valence-corrected chi connectivity index (χ2v) is 14.9. The number of aliphatic hydroxyl groups is 1. The van der Waals surface area contributed by atoms with Crippen molar-refractivity contribution in [3.05, 3.63) is 35.9 Å². The lowest BCUT2D eigenvalue weighted by molar-refractivity contribution is -0.145. The van der Waals surface area contributed by atoms with Crippen LogP contribution >= 0.6 is 12.6 Å². The summed E-state index contributed by atoms with van der Waals surface area (Å²) >= 11 is 4.12. The van der Waals surface area contributed by atoms with E-state index in [2.05, 4.69) is 49.5 Å². The number of guanidine groups is 1. The molecular weight excluding hydrogens is 849 g/mol. The van der Waals surface area contributed by atoms with E-state index in [1.54, 1.807) is 30.3 Å². The van der Waals surface area contributed by atoms with Gasteiger partial charge in [0.1, 0.15) is 42.3 Å². The average molecular weight is 909 g/mol. The molecule has 1 aromatic carbocycles. The zero-order valence-corrected chi connectivity index (χ0v) is 35.6. The second-order valence-electron chi connectivity index (χ2n) is 14.5. The Balaban J connectivity index is 2.28. The van der Waals surface area contributed by atoms with Gasteiger partial charge in [-0.1, -0.05) is 30.3 Å². The second kappa shape index (κ2) is 27.8. The molecule has 0 unspecified atom stereocenters. The molecule has 63 heavy (non-hydrogen) atoms. The number of rotatable bonds is 28. The van der Waals surface area contributed by atoms with E-state index in [1.165, 1.54) is 4.90 Å². The van der Waals surface area contributed by atoms with Crippen LogP contribution < -0.4 is 54.8 Å². The number of hydrogen-bond acceptors (Lipinski definition) is 14. The SMILES string of the molecule is NCCCC[C@H](NC(=O)[C@H](CO)NC(=O)[C@H](Cc1ccccc1)NC(=O)[C@H](CS)NC(=O)[C@H](CC(=O)O)NC(=O)CN)C(=O)N1CCC[C@H]1C(=O)N[C@@H](CCCN=C(N)N)C(=O)O. The maximum Gasteiger partial charge on any atom is 0.326 e. The third kappa shape index (κ3) is 18.4. The minimum atomic E-state index is -1.67. The van der Waals surface area contributed by atoms with Gasteiger partial charge >= 0.3 is 11.9 Å². The Morgan fingerprint density at radius 3 is 1.92 bits per heavy atom. The van der Waals surface area contributed by atoms with Crippen LogP contribution in [0.4, 0.5) is 0 Å². The van der Waals surface area contributed by atoms with E-state index >= 15 is 0 Å². The number of aliphatic carboxylic acids is 2. The first-order valence-corrected chi connectivity index (χ1v) is 20.9. The largest absolute Gasteiger partial charge is 0.481 e. The summed E-state index contributed by atoms with van der Waals surface area (Å²) in [5.41, 5.74) is 22.1. The molecule has 350 valence electrons. The van der Waals surface area contributed by atoms with Gasteiger partial charge in [0.25, 0.3) is 0 Å². The number of carbonyl (C=O) groups is 9. The van der Waals surface area contributed by atoms with Crippen molar-refractivity contribution in [1.29, 1.82) is 0 Å². The van der Waals surface area contributed by atoms with Crippen LogP contribution in [-0.4, -0.2) is 160 Å². The Hall–Kier alpha value is -6.05. The van der Waals surface area contributed by atoms with Gasteiger partial charge in [-0.05, 0) is 57.1 Å². The van der Waals surface area contributed by atoms with Gasteiger partial charge in [0.05, 0.1) is 19.6 Å². The number of thiol groups is 1. The summed E-state index contributed by atoms with van der Waals surface area (Å²) in [6.45, 7) is -1.01. The molecular formula is C38H60N12O12S. The molecule has 24 nitrogen and oxygen atoms in total. The fraction of sp³-hybridized carbons (Fsp3) is 0.579. The summed E-state index contributed by atoms with van der Waals surface area (Å²) in [6, 6.07) is -1.47. The molecule has 1 saturated heterocycles. The molecule has 17 N–H and O–H groups in total. The topological polar surface area (TPSA) is 406 Å². The van der Waals surface area contributed by atoms with E-state index in [1.807, 2.05) is 0 Å². The van der Waals surface area contributed by atoms with Crippen LogP contribution in [0.1, 0.15) is 56.9 Å². The van der Waals surface area contributed by atoms with Crippen molar-refractivity contribution >= 4 is 71.9 Å². The highest BCUT2D eigenvalue weighted by molar-refractivity contribution is 7.80. The molecule has 1 heterocycles. The minimum Gasteiger partial charge on any atom is -0.481 e. The van der Waals surface area contributed by atoms with E-state index in [9.17, 15) is 58.5 Å². The van der Waals surface area contributed by atoms with Crippen LogP contribution in [0.3, 0.4) is 0 Å². The molecule has 0 saturated carbocycles. The van der Waals surface area contributed by atoms with Crippen LogP contribution in [0.2, 0.25) is 0 Å². The Labute approximate surface area is 368 Å². The van der Waals surface area contributed by atoms with Crippen LogP contribution in [-0.2, 0) is 49.6 Å². The van der Waals surface area contributed by atoms with E-state index in [0.717, 1.165) is 0 Å². The number of carbonyl (C=O) groups excluding carboxylic acids is 7. The molecule has 0 aromatic heterocycles. The standard InChI is InChI=1S/C38H60N12O12S/c39-13-5-4-10-22(36(60)50-15-7-12-28(50)35(59)46-23(37(61)62)11-6-14-43-38(41)42)45-33(57)26(19-51)48-31(55)24(16-21-8-2-1-3-9-21)47-34(58)27(20-63)49-32(56)25(17-30(53)54)44-29(52)18-40/h1-3,8-9,22-28,51,63H,4-7,10-20,39-40H2,(H,44,52)(H,45,57)(H,46,59)(H,47,58)(H,48,55)(H,49,56)(H,53,54)(H,61,62)(H4,41,42,43)/t22-,23-,24-,25-,26-,27-,28-/m0/s1. The van der Waals surface area contributed by atoms with Crippen molar-refractivity contribution in [3.63, 3.8) is 0 Å². The fourth-order valence-electron chi connectivity index (χ4n) is 6.46. The predicted octanol–water partition coefficient (Wildman–Crippen LogP) is -5.25. The molecule has 1 fully saturated rings. The Morgan fingerprint density at radius 1 is 0.746 bits per heavy atom. The van der Waals surface area contributed by atoms with Gasteiger partial charge in [-0.25, -0.2) is 4.79 Å². The summed E-state index contributed by atoms with van der Waals surface area (Å²) in [5.74, 6) is -9.41. The third-order valence-corrected chi connectivity index (χ3v) is 10.1. The highest BCUT2D eigenvalue weighted by Gasteiger charge is 2.40. The van der Waals surface area contributed by atoms with Crippen LogP contribution in [0, 0.1) is 0 Å². The van der Waals surface area contributed by atoms with Gasteiger partial charge in [-0.15, -0.1) is 0 Å². The van der Waals surface area contributed by atoms with Crippen molar-refractivity contribution in [2.75, 3.05) is 38.5 Å². The minimum absolute atomic E-state index is 0.00168. The Bertz CT molecular complexity index is 1770. The molecule has 7 atom stereocenters. The van der Waals surface area contributed by atoms with E-state index in [0.29, 0.717) is 24.8 Å². The third-order valence-electron chi connectivity index (χ3n) is 9.72. The lowest BCUT2D eigenvalue weighted by Crippen LogP contribution is -2.61. The van der Waals surface area contributed by atoms with E-state index in [4.69, 9.17) is 22.9 Å². The predicted molar refractivity (Wildman–Crippen MR) is 229 cm³/mol. The molecule has 1 aliphatic rings. The first kappa shape index (κ1) is 53.1. The average Bonchev–Trinajstić information content (AvgIpc) is 3.74. The Kier molecular flexibility index (Phi) is 23.4. The lowest BCUT2D eigenvalue weighted by atomic mass is 10.0. The van der Waals surface area contributed by atoms with Crippen molar-refractivity contribution in [2.24, 2.45) is 27.9 Å². The summed E-state index contributed by atoms with van der Waals surface area (Å²) in [7, 11) is 0. The number of nitrogens with two attached hydrogens (primary N) is 4. The molecule has 1 aliphatic heterocycles. The maximum absolute atomic E-state index is 14.0. The monoisotopic (exact) mass is 908 g/mol. The van der Waals surface area contributed by atoms with E-state index < -0.39 is 115 Å². The van der Waals surface area contributed by atoms with Crippen LogP contribution in [0.25, 0.3) is 0 Å². The number of aliphatic hydroxyl groups excluding tert-OH is 1. The zero-order valence-electron chi connectivity index (χ0n) is 34.7. The Morgan fingerprint density at radius 2 is 1.33 bits per heavy atom. The zero-order chi connectivity index (χ0) is 47.1. The van der Waals surface area contributed by atoms with Crippen molar-refractivity contribution in [2.45, 2.75) is 100 Å². The molecule has 0 bridgehead atoms. The first-order chi connectivity index (χ1) is 29.9. The number of amides is 7. The van der Waals surface area contributed by atoms with Gasteiger partial charge in [0.2, 0.25) is 41.4 Å². The summed E-state index contributed by atoms with van der Waals surface area (Å²) < 4.78 is 0. The molecule has 0 spiro atoms. The van der Waals surface area contributed by atoms with E-state index in [-0.39, 0.29) is 63.5 Å². The molecule has 0 radical (unpaired) electrons. The molecule has 7 amide bonds. The van der Waals surface area contributed by atoms with Crippen LogP contribution in [0.5, 0.6) is 0 Å². The molecule has 25 heteroatoms. The molecule has 2 rings (SSSR count). The van der Waals surface area contributed by atoms with Gasteiger partial charge in [-0.3, -0.25) is 43.3 Å². The lowest BCUT2D eigenvalue weighted by Gasteiger charge is -2.30. The van der Waals surface area contributed by atoms with Gasteiger partial charge in [0, 0.05) is 25.3 Å². The quantitative estimate of drug-likeness (QED) is 0.0162. The molecule has 1 aromatic rings. The molecule has 0 aliphatic carbocycles. The van der Waals surface area contributed by atoms with Gasteiger partial charge < -0.3 is 75.1 Å². The summed E-state index contributed by atoms with van der Waals surface area (Å²) in [6.07, 6.45) is 0.705. The highest BCUT2D eigenvalue weighted by Crippen LogP contribution is 2.21. The summed E-state index contributed by atoms with van der Waals surface area (Å²) in [4.78, 5) is 122. The van der Waals surface area contributed by atoms with Crippen molar-refractivity contribution in [1.82, 2.24) is 36.8 Å². The number of likely N-dealkylation sites (tertiary alicyclic amines) is 1. The highest BCUT2D eigenvalue weighted by atomic mass is 32.1. The van der Waals surface area contributed by atoms with Crippen molar-refractivity contribution in [3.8, 4) is 0 Å². The number of aliphatic imine (C=N–C) groups is 1. The summed E-state index contributed by atoms with van der Waals surface area (Å²) in [5, 5.41) is 43.7. The smallest absolute Gasteiger partial charge is 0.326 e. The fourth-order valence-corrected chi connectivity index (χ4v) is 6.71. The maximum atomic E-state index is 14.0. The number of carboxylic acid groups (broad SMARTS) is 2. The van der Waals surface area contributed by atoms with Gasteiger partial charge in [-0.2, -0.15) is 12.6 Å². The van der Waals surface area contributed by atoms with Crippen LogP contribution in [0.15, 0.2) is 35.3 Å². The number of benzene rings is 1. The number of carboxylic acids is 2. The number of unbranched alkanes of at least 4 members (excludes halogenated alkanes) is 1. The first-order valence-electron chi connectivity index (χ1n) is 20.2. The van der Waals surface area contributed by atoms with Crippen molar-refractivity contribution < 1.29 is 58.5 Å².